The van der Waals surface area contributed by atoms with Gasteiger partial charge in [0.05, 0.1) is 6.10 Å². The summed E-state index contributed by atoms with van der Waals surface area (Å²) in [4.78, 5) is 24.1. The van der Waals surface area contributed by atoms with Crippen molar-refractivity contribution in [2.75, 3.05) is 19.3 Å². The minimum atomic E-state index is -1.08. The molecular weight excluding hydrogens is 256 g/mol. The number of aliphatic hydroxyl groups is 1. The first kappa shape index (κ1) is 15.1. The molecule has 104 valence electrons. The number of hydrogen-bond donors (Lipinski definition) is 3. The predicted molar refractivity (Wildman–Crippen MR) is 69.7 cm³/mol. The van der Waals surface area contributed by atoms with Crippen LogP contribution in [-0.4, -0.2) is 63.4 Å². The van der Waals surface area contributed by atoms with Gasteiger partial charge in [-0.05, 0) is 20.1 Å². The maximum Gasteiger partial charge on any atom is 0.326 e. The summed E-state index contributed by atoms with van der Waals surface area (Å²) in [7, 11) is 0. The van der Waals surface area contributed by atoms with Gasteiger partial charge in [0.15, 0.2) is 0 Å². The molecule has 3 N–H and O–H groups in total. The van der Waals surface area contributed by atoms with E-state index in [-0.39, 0.29) is 17.7 Å². The molecule has 1 aliphatic rings. The number of aliphatic carboxylic acids is 1. The first-order valence-electron chi connectivity index (χ1n) is 5.77. The summed E-state index contributed by atoms with van der Waals surface area (Å²) in [6.45, 7) is 4.51. The number of carbonyl (C=O) groups is 2. The first-order chi connectivity index (χ1) is 8.26. The van der Waals surface area contributed by atoms with Crippen molar-refractivity contribution in [2.24, 2.45) is 0 Å². The van der Waals surface area contributed by atoms with E-state index in [0.29, 0.717) is 6.54 Å². The average molecular weight is 276 g/mol. The van der Waals surface area contributed by atoms with Crippen LogP contribution in [-0.2, 0) is 4.79 Å². The number of hydrogen-bond acceptors (Lipinski definition) is 4. The van der Waals surface area contributed by atoms with Gasteiger partial charge in [0.2, 0.25) is 0 Å². The predicted octanol–water partition coefficient (Wildman–Crippen LogP) is 0.357. The van der Waals surface area contributed by atoms with Crippen molar-refractivity contribution < 1.29 is 19.8 Å². The molecule has 2 amide bonds. The summed E-state index contributed by atoms with van der Waals surface area (Å²) in [5, 5.41) is 21.2. The molecule has 2 atom stereocenters. The molecule has 18 heavy (non-hydrogen) atoms. The molecule has 0 unspecified atom stereocenters. The molecule has 0 aliphatic carbocycles. The standard InChI is InChI=1S/C11H20N2O4S/c1-11(2,18-3)6-12-10(17)13-5-7(14)4-8(13)9(15)16/h7-8,14H,4-6H2,1-3H3,(H,12,17)(H,15,16)/t7-,8-/m0/s1. The lowest BCUT2D eigenvalue weighted by molar-refractivity contribution is -0.141. The molecule has 0 spiro atoms. The topological polar surface area (TPSA) is 89.9 Å². The Balaban J connectivity index is 2.58. The lowest BCUT2D eigenvalue weighted by atomic mass is 10.2. The van der Waals surface area contributed by atoms with Crippen molar-refractivity contribution in [1.82, 2.24) is 10.2 Å². The van der Waals surface area contributed by atoms with E-state index in [0.717, 1.165) is 0 Å². The van der Waals surface area contributed by atoms with Gasteiger partial charge in [0.1, 0.15) is 6.04 Å². The molecule has 1 heterocycles. The second-order valence-electron chi connectivity index (χ2n) is 5.02. The number of amides is 2. The summed E-state index contributed by atoms with van der Waals surface area (Å²) < 4.78 is -0.104. The summed E-state index contributed by atoms with van der Waals surface area (Å²) in [6.07, 6.45) is 1.28. The Kier molecular flexibility index (Phi) is 4.86. The van der Waals surface area contributed by atoms with E-state index in [2.05, 4.69) is 5.32 Å². The zero-order chi connectivity index (χ0) is 13.9. The minimum absolute atomic E-state index is 0.0719. The summed E-state index contributed by atoms with van der Waals surface area (Å²) in [5.41, 5.74) is 0. The van der Waals surface area contributed by atoms with E-state index in [1.807, 2.05) is 20.1 Å². The van der Waals surface area contributed by atoms with Gasteiger partial charge in [-0.25, -0.2) is 9.59 Å². The lowest BCUT2D eigenvalue weighted by Crippen LogP contribution is -2.48. The number of carboxylic acids is 1. The van der Waals surface area contributed by atoms with Crippen LogP contribution < -0.4 is 5.32 Å². The fourth-order valence-electron chi connectivity index (χ4n) is 1.73. The van der Waals surface area contributed by atoms with E-state index in [1.54, 1.807) is 11.8 Å². The highest BCUT2D eigenvalue weighted by molar-refractivity contribution is 7.99. The number of rotatable bonds is 4. The van der Waals surface area contributed by atoms with Crippen molar-refractivity contribution in [3.63, 3.8) is 0 Å². The molecule has 0 aromatic heterocycles. The Morgan fingerprint density at radius 2 is 2.11 bits per heavy atom. The number of nitrogens with one attached hydrogen (secondary N) is 1. The molecule has 0 saturated carbocycles. The number of carbonyl (C=O) groups excluding carboxylic acids is 1. The summed E-state index contributed by atoms with van der Waals surface area (Å²) in [6, 6.07) is -1.36. The van der Waals surface area contributed by atoms with Crippen LogP contribution in [0.5, 0.6) is 0 Å². The smallest absolute Gasteiger partial charge is 0.326 e. The van der Waals surface area contributed by atoms with E-state index < -0.39 is 24.1 Å². The van der Waals surface area contributed by atoms with Crippen LogP contribution in [0.2, 0.25) is 0 Å². The molecule has 1 fully saturated rings. The minimum Gasteiger partial charge on any atom is -0.480 e. The van der Waals surface area contributed by atoms with Gasteiger partial charge in [-0.2, -0.15) is 11.8 Å². The van der Waals surface area contributed by atoms with E-state index in [9.17, 15) is 14.7 Å². The van der Waals surface area contributed by atoms with Gasteiger partial charge in [0.25, 0.3) is 0 Å². The number of thioether (sulfide) groups is 1. The van der Waals surface area contributed by atoms with Crippen LogP contribution in [0.1, 0.15) is 20.3 Å². The van der Waals surface area contributed by atoms with Gasteiger partial charge in [-0.3, -0.25) is 0 Å². The van der Waals surface area contributed by atoms with Crippen molar-refractivity contribution >= 4 is 23.8 Å². The summed E-state index contributed by atoms with van der Waals surface area (Å²) >= 11 is 1.62. The Morgan fingerprint density at radius 3 is 2.61 bits per heavy atom. The van der Waals surface area contributed by atoms with E-state index >= 15 is 0 Å². The second-order valence-corrected chi connectivity index (χ2v) is 6.53. The van der Waals surface area contributed by atoms with Crippen molar-refractivity contribution in [1.29, 1.82) is 0 Å². The van der Waals surface area contributed by atoms with Gasteiger partial charge in [-0.15, -0.1) is 0 Å². The highest BCUT2D eigenvalue weighted by Crippen LogP contribution is 2.21. The van der Waals surface area contributed by atoms with Crippen LogP contribution in [0.3, 0.4) is 0 Å². The Bertz CT molecular complexity index is 335. The molecule has 1 rings (SSSR count). The fraction of sp³-hybridized carbons (Fsp3) is 0.818. The molecule has 0 bridgehead atoms. The number of urea groups is 1. The third kappa shape index (κ3) is 3.78. The highest BCUT2D eigenvalue weighted by Gasteiger charge is 2.39. The van der Waals surface area contributed by atoms with E-state index in [1.165, 1.54) is 4.90 Å². The van der Waals surface area contributed by atoms with Crippen LogP contribution in [0.4, 0.5) is 4.79 Å². The molecule has 0 aromatic carbocycles. The molecule has 6 nitrogen and oxygen atoms in total. The normalized spacial score (nSPS) is 24.1. The number of likely N-dealkylation sites (tertiary alicyclic amines) is 1. The van der Waals surface area contributed by atoms with Crippen LogP contribution in [0, 0.1) is 0 Å². The third-order valence-electron chi connectivity index (χ3n) is 3.04. The quantitative estimate of drug-likeness (QED) is 0.689. The van der Waals surface area contributed by atoms with Crippen LogP contribution in [0.25, 0.3) is 0 Å². The molecule has 7 heteroatoms. The van der Waals surface area contributed by atoms with Crippen molar-refractivity contribution in [3.05, 3.63) is 0 Å². The largest absolute Gasteiger partial charge is 0.480 e. The molecular formula is C11H20N2O4S. The number of carboxylic acid groups (broad SMARTS) is 1. The van der Waals surface area contributed by atoms with Gasteiger partial charge in [-0.1, -0.05) is 0 Å². The summed E-state index contributed by atoms with van der Waals surface area (Å²) in [5.74, 6) is -1.08. The zero-order valence-corrected chi connectivity index (χ0v) is 11.7. The third-order valence-corrected chi connectivity index (χ3v) is 4.29. The van der Waals surface area contributed by atoms with Gasteiger partial charge < -0.3 is 20.4 Å². The monoisotopic (exact) mass is 276 g/mol. The second kappa shape index (κ2) is 5.79. The maximum atomic E-state index is 11.9. The SMILES string of the molecule is CSC(C)(C)CNC(=O)N1C[C@@H](O)C[C@H]1C(=O)O. The first-order valence-corrected chi connectivity index (χ1v) is 7.00. The fourth-order valence-corrected chi connectivity index (χ4v) is 1.95. The van der Waals surface area contributed by atoms with E-state index in [4.69, 9.17) is 5.11 Å². The Labute approximate surface area is 111 Å². The van der Waals surface area contributed by atoms with Gasteiger partial charge in [0, 0.05) is 24.3 Å². The van der Waals surface area contributed by atoms with Crippen molar-refractivity contribution in [3.8, 4) is 0 Å². The maximum absolute atomic E-state index is 11.9. The lowest BCUT2D eigenvalue weighted by Gasteiger charge is -2.26. The van der Waals surface area contributed by atoms with Crippen LogP contribution in [0.15, 0.2) is 0 Å². The zero-order valence-electron chi connectivity index (χ0n) is 10.8. The molecule has 0 aromatic rings. The Hall–Kier alpha value is -0.950. The Morgan fingerprint density at radius 1 is 1.50 bits per heavy atom. The van der Waals surface area contributed by atoms with Crippen LogP contribution >= 0.6 is 11.8 Å². The molecule has 1 aliphatic heterocycles. The molecule has 0 radical (unpaired) electrons. The van der Waals surface area contributed by atoms with Gasteiger partial charge >= 0.3 is 12.0 Å². The number of β-amino-alcohol motifs (C(OH)–C–C–N with tert-alkyl or cyclic N) is 1. The van der Waals surface area contributed by atoms with Crippen molar-refractivity contribution in [2.45, 2.75) is 37.2 Å². The highest BCUT2D eigenvalue weighted by atomic mass is 32.2. The number of nitrogens with zero attached hydrogens (tertiary/aromatic N) is 1. The number of aliphatic hydroxyl groups excluding tert-OH is 1. The average Bonchev–Trinajstić information content (AvgIpc) is 2.68. The molecule has 1 saturated heterocycles.